The molecule has 0 aromatic carbocycles. The number of anilines is 1. The van der Waals surface area contributed by atoms with Gasteiger partial charge in [-0.15, -0.1) is 0 Å². The number of nitrogens with two attached hydrogens (primary N) is 1. The molecule has 0 spiro atoms. The van der Waals surface area contributed by atoms with Crippen molar-refractivity contribution in [1.29, 1.82) is 0 Å². The van der Waals surface area contributed by atoms with Gasteiger partial charge in [-0.2, -0.15) is 0 Å². The lowest BCUT2D eigenvalue weighted by Crippen LogP contribution is -2.43. The summed E-state index contributed by atoms with van der Waals surface area (Å²) in [4.78, 5) is 19.8. The van der Waals surface area contributed by atoms with Gasteiger partial charge in [-0.1, -0.05) is 25.4 Å². The number of hydrogen-bond donors (Lipinski definition) is 2. The van der Waals surface area contributed by atoms with Crippen LogP contribution in [0.5, 0.6) is 5.75 Å². The first-order valence-corrected chi connectivity index (χ1v) is 8.96. The number of methoxy groups -OCH3 is 1. The van der Waals surface area contributed by atoms with Crippen molar-refractivity contribution < 1.29 is 14.3 Å². The van der Waals surface area contributed by atoms with E-state index >= 15 is 0 Å². The van der Waals surface area contributed by atoms with Gasteiger partial charge in [0.25, 0.3) is 0 Å². The summed E-state index contributed by atoms with van der Waals surface area (Å²) in [5.74, 6) is 1.30. The molecule has 2 heterocycles. The number of carbonyl (C=O) groups is 1. The number of carbonyl (C=O) groups excluding carboxylic acids is 1. The lowest BCUT2D eigenvalue weighted by Gasteiger charge is -2.26. The largest absolute Gasteiger partial charge is 0.488 e. The molecule has 0 radical (unpaired) electrons. The van der Waals surface area contributed by atoms with Crippen LogP contribution in [0, 0.1) is 5.92 Å². The second kappa shape index (κ2) is 9.01. The molecule has 27 heavy (non-hydrogen) atoms. The fourth-order valence-corrected chi connectivity index (χ4v) is 2.94. The SMILES string of the molecule is COC(=O)Nc1cc(-c2cc(Cl)c(OC[C@@](C)(N)CC(C)C)cn2)ccn1. The van der Waals surface area contributed by atoms with E-state index in [4.69, 9.17) is 22.1 Å². The standard InChI is InChI=1S/C19H25ClN4O3/c1-12(2)9-19(3,21)11-27-16-10-23-15(8-14(16)20)13-5-6-22-17(7-13)24-18(25)26-4/h5-8,10,12H,9,11,21H2,1-4H3,(H,22,24,25)/t19-/m0/s1. The van der Waals surface area contributed by atoms with Crippen molar-refractivity contribution in [2.24, 2.45) is 11.7 Å². The van der Waals surface area contributed by atoms with Gasteiger partial charge in [-0.25, -0.2) is 9.78 Å². The number of rotatable bonds is 7. The van der Waals surface area contributed by atoms with Gasteiger partial charge in [0.2, 0.25) is 0 Å². The van der Waals surface area contributed by atoms with Crippen molar-refractivity contribution in [3.05, 3.63) is 35.6 Å². The molecule has 7 nitrogen and oxygen atoms in total. The third kappa shape index (κ3) is 6.37. The van der Waals surface area contributed by atoms with Crippen LogP contribution >= 0.6 is 11.6 Å². The Labute approximate surface area is 164 Å². The molecule has 0 unspecified atom stereocenters. The molecule has 1 amide bonds. The number of aromatic nitrogens is 2. The van der Waals surface area contributed by atoms with E-state index in [2.05, 4.69) is 33.9 Å². The quantitative estimate of drug-likeness (QED) is 0.735. The molecule has 8 heteroatoms. The van der Waals surface area contributed by atoms with E-state index in [1.54, 1.807) is 30.6 Å². The van der Waals surface area contributed by atoms with E-state index < -0.39 is 11.6 Å². The van der Waals surface area contributed by atoms with Gasteiger partial charge in [0.1, 0.15) is 12.4 Å². The zero-order valence-electron chi connectivity index (χ0n) is 16.0. The van der Waals surface area contributed by atoms with Crippen LogP contribution in [0.1, 0.15) is 27.2 Å². The lowest BCUT2D eigenvalue weighted by molar-refractivity contribution is 0.187. The van der Waals surface area contributed by atoms with E-state index in [-0.39, 0.29) is 0 Å². The number of nitrogens with one attached hydrogen (secondary N) is 1. The number of amides is 1. The molecule has 0 saturated carbocycles. The average Bonchev–Trinajstić information content (AvgIpc) is 2.59. The van der Waals surface area contributed by atoms with Gasteiger partial charge in [0, 0.05) is 17.3 Å². The van der Waals surface area contributed by atoms with Crippen LogP contribution in [-0.4, -0.2) is 35.3 Å². The summed E-state index contributed by atoms with van der Waals surface area (Å²) >= 11 is 6.35. The van der Waals surface area contributed by atoms with Gasteiger partial charge >= 0.3 is 6.09 Å². The van der Waals surface area contributed by atoms with Crippen molar-refractivity contribution in [2.45, 2.75) is 32.7 Å². The van der Waals surface area contributed by atoms with Crippen LogP contribution in [0.25, 0.3) is 11.3 Å². The molecule has 2 rings (SSSR count). The average molecular weight is 393 g/mol. The summed E-state index contributed by atoms with van der Waals surface area (Å²) in [7, 11) is 1.28. The van der Waals surface area contributed by atoms with E-state index in [0.29, 0.717) is 34.8 Å². The van der Waals surface area contributed by atoms with Crippen LogP contribution < -0.4 is 15.8 Å². The second-order valence-electron chi connectivity index (χ2n) is 7.09. The minimum atomic E-state index is -0.597. The maximum absolute atomic E-state index is 11.3. The molecule has 0 aliphatic carbocycles. The van der Waals surface area contributed by atoms with Crippen molar-refractivity contribution in [3.63, 3.8) is 0 Å². The summed E-state index contributed by atoms with van der Waals surface area (Å²) < 4.78 is 10.3. The van der Waals surface area contributed by atoms with Gasteiger partial charge in [-0.3, -0.25) is 10.3 Å². The number of hydrogen-bond acceptors (Lipinski definition) is 6. The monoisotopic (exact) mass is 392 g/mol. The Bertz CT molecular complexity index is 796. The Kier molecular flexibility index (Phi) is 6.98. The third-order valence-corrected chi connectivity index (χ3v) is 4.02. The molecule has 3 N–H and O–H groups in total. The van der Waals surface area contributed by atoms with Crippen molar-refractivity contribution in [2.75, 3.05) is 19.0 Å². The van der Waals surface area contributed by atoms with Crippen LogP contribution in [0.2, 0.25) is 5.02 Å². The van der Waals surface area contributed by atoms with E-state index in [0.717, 1.165) is 12.0 Å². The predicted octanol–water partition coefficient (Wildman–Crippen LogP) is 4.12. The highest BCUT2D eigenvalue weighted by molar-refractivity contribution is 6.32. The van der Waals surface area contributed by atoms with Gasteiger partial charge in [0.15, 0.2) is 5.75 Å². The Hall–Kier alpha value is -2.38. The van der Waals surface area contributed by atoms with E-state index in [1.807, 2.05) is 6.92 Å². The summed E-state index contributed by atoms with van der Waals surface area (Å²) in [6, 6.07) is 5.14. The Morgan fingerprint density at radius 1 is 1.37 bits per heavy atom. The van der Waals surface area contributed by atoms with Gasteiger partial charge in [-0.05, 0) is 37.5 Å². The molecular formula is C19H25ClN4O3. The normalized spacial score (nSPS) is 13.1. The summed E-state index contributed by atoms with van der Waals surface area (Å²) in [5, 5.41) is 2.94. The Balaban J connectivity index is 2.12. The number of ether oxygens (including phenoxy) is 2. The maximum atomic E-state index is 11.3. The maximum Gasteiger partial charge on any atom is 0.412 e. The molecule has 1 atom stereocenters. The van der Waals surface area contributed by atoms with Crippen LogP contribution in [0.4, 0.5) is 10.6 Å². The number of halogens is 1. The molecule has 0 saturated heterocycles. The summed E-state index contributed by atoms with van der Waals surface area (Å²) in [6.07, 6.45) is 3.37. The minimum Gasteiger partial charge on any atom is -0.488 e. The first-order chi connectivity index (χ1) is 12.7. The molecule has 0 aliphatic heterocycles. The fourth-order valence-electron chi connectivity index (χ4n) is 2.73. The van der Waals surface area contributed by atoms with Gasteiger partial charge in [0.05, 0.1) is 24.0 Å². The predicted molar refractivity (Wildman–Crippen MR) is 106 cm³/mol. The molecule has 0 bridgehead atoms. The number of nitrogens with zero attached hydrogens (tertiary/aromatic N) is 2. The van der Waals surface area contributed by atoms with E-state index in [1.165, 1.54) is 7.11 Å². The highest BCUT2D eigenvalue weighted by Gasteiger charge is 2.21. The molecule has 146 valence electrons. The molecule has 0 fully saturated rings. The topological polar surface area (TPSA) is 99.4 Å². The molecule has 0 aliphatic rings. The fraction of sp³-hybridized carbons (Fsp3) is 0.421. The van der Waals surface area contributed by atoms with Crippen LogP contribution in [0.3, 0.4) is 0 Å². The summed E-state index contributed by atoms with van der Waals surface area (Å²) in [6.45, 7) is 6.53. The third-order valence-electron chi connectivity index (χ3n) is 3.72. The first-order valence-electron chi connectivity index (χ1n) is 8.59. The number of pyridine rings is 2. The zero-order valence-corrected chi connectivity index (χ0v) is 16.7. The van der Waals surface area contributed by atoms with Crippen molar-refractivity contribution in [3.8, 4) is 17.0 Å². The Morgan fingerprint density at radius 3 is 2.74 bits per heavy atom. The first kappa shape index (κ1) is 20.9. The highest BCUT2D eigenvalue weighted by Crippen LogP contribution is 2.29. The molecule has 2 aromatic heterocycles. The second-order valence-corrected chi connectivity index (χ2v) is 7.49. The highest BCUT2D eigenvalue weighted by atomic mass is 35.5. The smallest absolute Gasteiger partial charge is 0.412 e. The molecule has 2 aromatic rings. The Morgan fingerprint density at radius 2 is 2.11 bits per heavy atom. The van der Waals surface area contributed by atoms with Crippen LogP contribution in [-0.2, 0) is 4.74 Å². The summed E-state index contributed by atoms with van der Waals surface area (Å²) in [5.41, 5.74) is 7.18. The van der Waals surface area contributed by atoms with Crippen molar-refractivity contribution in [1.82, 2.24) is 9.97 Å². The van der Waals surface area contributed by atoms with Crippen LogP contribution in [0.15, 0.2) is 30.6 Å². The van der Waals surface area contributed by atoms with E-state index in [9.17, 15) is 4.79 Å². The van der Waals surface area contributed by atoms with Gasteiger partial charge < -0.3 is 15.2 Å². The minimum absolute atomic E-state index is 0.342. The molecular weight excluding hydrogens is 368 g/mol. The van der Waals surface area contributed by atoms with Crippen molar-refractivity contribution >= 4 is 23.5 Å². The zero-order chi connectivity index (χ0) is 20.0. The lowest BCUT2D eigenvalue weighted by atomic mass is 9.93.